The molecule has 1 atom stereocenters. The molecule has 2 rings (SSSR count). The molecule has 0 spiro atoms. The van der Waals surface area contributed by atoms with E-state index < -0.39 is 0 Å². The smallest absolute Gasteiger partial charge is 0.238 e. The second-order valence-corrected chi connectivity index (χ2v) is 6.11. The van der Waals surface area contributed by atoms with Gasteiger partial charge in [0.15, 0.2) is 0 Å². The maximum Gasteiger partial charge on any atom is 0.238 e. The lowest BCUT2D eigenvalue weighted by Crippen LogP contribution is -2.39. The van der Waals surface area contributed by atoms with Crippen molar-refractivity contribution in [2.45, 2.75) is 12.5 Å². The highest BCUT2D eigenvalue weighted by atomic mass is 35.5. The maximum absolute atomic E-state index is 12.0. The second-order valence-electron chi connectivity index (χ2n) is 4.85. The van der Waals surface area contributed by atoms with Crippen LogP contribution in [0.3, 0.4) is 0 Å². The number of nitrogens with zero attached hydrogens (tertiary/aromatic N) is 1. The van der Waals surface area contributed by atoms with E-state index in [-0.39, 0.29) is 5.91 Å². The third-order valence-corrected chi connectivity index (χ3v) is 4.14. The molecule has 0 aliphatic carbocycles. The summed E-state index contributed by atoms with van der Waals surface area (Å²) in [6.45, 7) is 2.19. The summed E-state index contributed by atoms with van der Waals surface area (Å²) in [4.78, 5) is 14.1. The molecule has 0 bridgehead atoms. The fraction of sp³-hybridized carbons (Fsp3) is 0.462. The zero-order valence-corrected chi connectivity index (χ0v) is 13.3. The molecule has 1 aromatic rings. The van der Waals surface area contributed by atoms with Gasteiger partial charge in [-0.25, -0.2) is 0 Å². The van der Waals surface area contributed by atoms with Gasteiger partial charge in [0.1, 0.15) is 0 Å². The van der Waals surface area contributed by atoms with E-state index in [2.05, 4.69) is 10.6 Å². The Kier molecular flexibility index (Phi) is 5.52. The van der Waals surface area contributed by atoms with E-state index in [1.807, 2.05) is 11.9 Å². The number of likely N-dealkylation sites (N-methyl/N-ethyl adjacent to an activating group) is 1. The lowest BCUT2D eigenvalue weighted by Gasteiger charge is -2.22. The molecule has 1 unspecified atom stereocenters. The summed E-state index contributed by atoms with van der Waals surface area (Å²) in [6.07, 6.45) is 1.05. The average Bonchev–Trinajstić information content (AvgIpc) is 2.87. The molecule has 1 fully saturated rings. The molecule has 0 saturated carbocycles. The quantitative estimate of drug-likeness (QED) is 0.888. The van der Waals surface area contributed by atoms with Crippen molar-refractivity contribution in [1.82, 2.24) is 10.2 Å². The van der Waals surface area contributed by atoms with Crippen LogP contribution < -0.4 is 10.6 Å². The third-order valence-electron chi connectivity index (χ3n) is 3.32. The predicted octanol–water partition coefficient (Wildman–Crippen LogP) is 2.88. The standard InChI is InChI=1S/C13H16Cl3N3O/c1-19(9-2-3-17-6-9)7-12(20)18-13-10(15)4-8(14)5-11(13)16/h4-5,9,17H,2-3,6-7H2,1H3,(H,18,20). The molecule has 1 aliphatic heterocycles. The number of anilines is 1. The van der Waals surface area contributed by atoms with Crippen LogP contribution in [0.2, 0.25) is 15.1 Å². The summed E-state index contributed by atoms with van der Waals surface area (Å²) in [7, 11) is 1.93. The van der Waals surface area contributed by atoms with E-state index >= 15 is 0 Å². The van der Waals surface area contributed by atoms with E-state index in [9.17, 15) is 4.79 Å². The maximum atomic E-state index is 12.0. The van der Waals surface area contributed by atoms with Gasteiger partial charge in [-0.05, 0) is 32.1 Å². The van der Waals surface area contributed by atoms with Crippen LogP contribution in [0.25, 0.3) is 0 Å². The summed E-state index contributed by atoms with van der Waals surface area (Å²) in [5, 5.41) is 7.11. The molecule has 1 amide bonds. The van der Waals surface area contributed by atoms with Gasteiger partial charge >= 0.3 is 0 Å². The van der Waals surface area contributed by atoms with Crippen LogP contribution in [-0.2, 0) is 4.79 Å². The van der Waals surface area contributed by atoms with E-state index in [1.165, 1.54) is 0 Å². The zero-order chi connectivity index (χ0) is 14.7. The Morgan fingerprint density at radius 1 is 1.40 bits per heavy atom. The molecule has 4 nitrogen and oxygen atoms in total. The number of nitrogens with one attached hydrogen (secondary N) is 2. The van der Waals surface area contributed by atoms with Crippen LogP contribution >= 0.6 is 34.8 Å². The lowest BCUT2D eigenvalue weighted by atomic mass is 10.2. The van der Waals surface area contributed by atoms with Gasteiger partial charge in [-0.15, -0.1) is 0 Å². The van der Waals surface area contributed by atoms with Crippen molar-refractivity contribution in [2.75, 3.05) is 32.0 Å². The number of hydrogen-bond donors (Lipinski definition) is 2. The van der Waals surface area contributed by atoms with Crippen LogP contribution in [0.5, 0.6) is 0 Å². The van der Waals surface area contributed by atoms with Gasteiger partial charge in [-0.3, -0.25) is 9.69 Å². The SMILES string of the molecule is CN(CC(=O)Nc1c(Cl)cc(Cl)cc1Cl)C1CCNC1. The van der Waals surface area contributed by atoms with Gasteiger partial charge in [0.05, 0.1) is 22.3 Å². The molecule has 0 radical (unpaired) electrons. The molecule has 2 N–H and O–H groups in total. The van der Waals surface area contributed by atoms with Gasteiger partial charge in [0.25, 0.3) is 0 Å². The minimum atomic E-state index is -0.148. The van der Waals surface area contributed by atoms with Crippen LogP contribution in [0.4, 0.5) is 5.69 Å². The number of benzene rings is 1. The first-order valence-electron chi connectivity index (χ1n) is 6.32. The number of carbonyl (C=O) groups is 1. The highest BCUT2D eigenvalue weighted by molar-refractivity contribution is 6.42. The molecule has 1 heterocycles. The largest absolute Gasteiger partial charge is 0.322 e. The summed E-state index contributed by atoms with van der Waals surface area (Å²) in [5.74, 6) is -0.148. The van der Waals surface area contributed by atoms with Gasteiger partial charge in [-0.2, -0.15) is 0 Å². The first kappa shape index (κ1) is 15.9. The molecule has 110 valence electrons. The van der Waals surface area contributed by atoms with Crippen molar-refractivity contribution in [1.29, 1.82) is 0 Å². The molecular formula is C13H16Cl3N3O. The van der Waals surface area contributed by atoms with Gasteiger partial charge < -0.3 is 10.6 Å². The van der Waals surface area contributed by atoms with Crippen molar-refractivity contribution in [3.8, 4) is 0 Å². The number of halogens is 3. The van der Waals surface area contributed by atoms with Gasteiger partial charge in [-0.1, -0.05) is 34.8 Å². The summed E-state index contributed by atoms with van der Waals surface area (Å²) < 4.78 is 0. The monoisotopic (exact) mass is 335 g/mol. The first-order chi connectivity index (χ1) is 9.47. The van der Waals surface area contributed by atoms with E-state index in [0.717, 1.165) is 19.5 Å². The Bertz CT molecular complexity index is 481. The fourth-order valence-corrected chi connectivity index (χ4v) is 3.12. The van der Waals surface area contributed by atoms with Crippen molar-refractivity contribution in [3.63, 3.8) is 0 Å². The Morgan fingerprint density at radius 3 is 2.60 bits per heavy atom. The Hall–Kier alpha value is -0.520. The molecular weight excluding hydrogens is 321 g/mol. The number of rotatable bonds is 4. The van der Waals surface area contributed by atoms with Gasteiger partial charge in [0.2, 0.25) is 5.91 Å². The van der Waals surface area contributed by atoms with Gasteiger partial charge in [0, 0.05) is 17.6 Å². The van der Waals surface area contributed by atoms with Crippen LogP contribution in [0, 0.1) is 0 Å². The highest BCUT2D eigenvalue weighted by Gasteiger charge is 2.21. The van der Waals surface area contributed by atoms with E-state index in [1.54, 1.807) is 12.1 Å². The molecule has 1 saturated heterocycles. The first-order valence-corrected chi connectivity index (χ1v) is 7.46. The topological polar surface area (TPSA) is 44.4 Å². The number of carbonyl (C=O) groups excluding carboxylic acids is 1. The third kappa shape index (κ3) is 3.99. The van der Waals surface area contributed by atoms with Crippen molar-refractivity contribution >= 4 is 46.4 Å². The van der Waals surface area contributed by atoms with Crippen molar-refractivity contribution in [2.24, 2.45) is 0 Å². The summed E-state index contributed by atoms with van der Waals surface area (Å²) in [5.41, 5.74) is 0.403. The minimum absolute atomic E-state index is 0.148. The molecule has 0 aromatic heterocycles. The normalized spacial score (nSPS) is 18.6. The van der Waals surface area contributed by atoms with Crippen LogP contribution in [-0.4, -0.2) is 43.5 Å². The fourth-order valence-electron chi connectivity index (χ4n) is 2.21. The van der Waals surface area contributed by atoms with Crippen LogP contribution in [0.15, 0.2) is 12.1 Å². The van der Waals surface area contributed by atoms with Crippen molar-refractivity contribution < 1.29 is 4.79 Å². The Balaban J connectivity index is 1.97. The average molecular weight is 337 g/mol. The molecule has 20 heavy (non-hydrogen) atoms. The lowest BCUT2D eigenvalue weighted by molar-refractivity contribution is -0.117. The molecule has 7 heteroatoms. The number of hydrogen-bond acceptors (Lipinski definition) is 3. The zero-order valence-electron chi connectivity index (χ0n) is 11.0. The molecule has 1 aliphatic rings. The Labute approximate surface area is 133 Å². The van der Waals surface area contributed by atoms with E-state index in [4.69, 9.17) is 34.8 Å². The molecule has 1 aromatic carbocycles. The van der Waals surface area contributed by atoms with Crippen molar-refractivity contribution in [3.05, 3.63) is 27.2 Å². The predicted molar refractivity (Wildman–Crippen MR) is 84.0 cm³/mol. The van der Waals surface area contributed by atoms with E-state index in [0.29, 0.717) is 33.3 Å². The second kappa shape index (κ2) is 6.96. The minimum Gasteiger partial charge on any atom is -0.322 e. The Morgan fingerprint density at radius 2 is 2.05 bits per heavy atom. The number of amides is 1. The van der Waals surface area contributed by atoms with Crippen LogP contribution in [0.1, 0.15) is 6.42 Å². The highest BCUT2D eigenvalue weighted by Crippen LogP contribution is 2.33. The summed E-state index contributed by atoms with van der Waals surface area (Å²) >= 11 is 17.9. The summed E-state index contributed by atoms with van der Waals surface area (Å²) in [6, 6.07) is 3.49.